The molecular weight excluding hydrogens is 510 g/mol. The smallest absolute Gasteiger partial charge is 0.335 e. The zero-order valence-corrected chi connectivity index (χ0v) is 20.9. The van der Waals surface area contributed by atoms with Crippen LogP contribution in [-0.4, -0.2) is 41.7 Å². The number of benzene rings is 3. The summed E-state index contributed by atoms with van der Waals surface area (Å²) >= 11 is 0. The molecule has 2 aliphatic rings. The lowest BCUT2D eigenvalue weighted by molar-refractivity contribution is 0.0696. The number of carboxylic acid groups (broad SMARTS) is 1. The number of aromatic carboxylic acids is 1. The molecule has 0 saturated heterocycles. The number of hydrogen-bond acceptors (Lipinski definition) is 8. The van der Waals surface area contributed by atoms with Crippen molar-refractivity contribution < 1.29 is 32.5 Å². The molecule has 0 bridgehead atoms. The number of fused-ring (bicyclic) bond motifs is 2. The molecule has 1 fully saturated rings. The Bertz CT molecular complexity index is 1610. The van der Waals surface area contributed by atoms with Crippen molar-refractivity contribution in [3.63, 3.8) is 0 Å². The molecular formula is C27H23N3O7S. The Labute approximate surface area is 218 Å². The van der Waals surface area contributed by atoms with E-state index in [4.69, 9.17) is 5.11 Å². The first-order valence-corrected chi connectivity index (χ1v) is 13.5. The highest BCUT2D eigenvalue weighted by molar-refractivity contribution is 7.86. The summed E-state index contributed by atoms with van der Waals surface area (Å²) in [5, 5.41) is 20.3. The average Bonchev–Trinajstić information content (AvgIpc) is 2.90. The lowest BCUT2D eigenvalue weighted by Crippen LogP contribution is -2.27. The van der Waals surface area contributed by atoms with Gasteiger partial charge in [0.25, 0.3) is 10.1 Å². The fraction of sp³-hybridized carbons (Fsp3) is 0.222. The number of nitrogens with zero attached hydrogens (tertiary/aromatic N) is 2. The van der Waals surface area contributed by atoms with Crippen molar-refractivity contribution in [2.45, 2.75) is 43.0 Å². The molecule has 0 aromatic heterocycles. The van der Waals surface area contributed by atoms with Crippen LogP contribution in [0.15, 0.2) is 69.7 Å². The van der Waals surface area contributed by atoms with Crippen molar-refractivity contribution in [3.8, 4) is 0 Å². The van der Waals surface area contributed by atoms with E-state index in [1.54, 1.807) is 12.1 Å². The monoisotopic (exact) mass is 533 g/mol. The number of rotatable bonds is 6. The summed E-state index contributed by atoms with van der Waals surface area (Å²) in [6.07, 6.45) is 4.62. The first kappa shape index (κ1) is 25.4. The first-order chi connectivity index (χ1) is 18.1. The third-order valence-corrected chi connectivity index (χ3v) is 7.62. The van der Waals surface area contributed by atoms with Crippen LogP contribution >= 0.6 is 0 Å². The molecule has 5 rings (SSSR count). The van der Waals surface area contributed by atoms with Crippen LogP contribution in [0.3, 0.4) is 0 Å². The fourth-order valence-corrected chi connectivity index (χ4v) is 5.56. The maximum Gasteiger partial charge on any atom is 0.335 e. The minimum Gasteiger partial charge on any atom is -0.478 e. The largest absolute Gasteiger partial charge is 0.478 e. The molecule has 10 nitrogen and oxygen atoms in total. The van der Waals surface area contributed by atoms with Crippen molar-refractivity contribution in [3.05, 3.63) is 82.4 Å². The molecule has 3 aromatic rings. The van der Waals surface area contributed by atoms with E-state index in [-0.39, 0.29) is 45.2 Å². The number of hydrogen-bond donors (Lipinski definition) is 3. The van der Waals surface area contributed by atoms with E-state index < -0.39 is 38.2 Å². The molecule has 11 heteroatoms. The zero-order chi connectivity index (χ0) is 27.0. The number of carbonyl (C=O) groups is 3. The summed E-state index contributed by atoms with van der Waals surface area (Å²) in [4.78, 5) is 37.8. The third kappa shape index (κ3) is 4.73. The topological polar surface area (TPSA) is 163 Å². The molecule has 194 valence electrons. The van der Waals surface area contributed by atoms with Gasteiger partial charge in [-0.1, -0.05) is 43.5 Å². The maximum absolute atomic E-state index is 13.7. The predicted molar refractivity (Wildman–Crippen MR) is 138 cm³/mol. The summed E-state index contributed by atoms with van der Waals surface area (Å²) in [6, 6.07) is 12.6. The van der Waals surface area contributed by atoms with Crippen LogP contribution in [0.4, 0.5) is 17.1 Å². The second kappa shape index (κ2) is 9.92. The Balaban J connectivity index is 1.72. The third-order valence-electron chi connectivity index (χ3n) is 6.76. The van der Waals surface area contributed by atoms with Gasteiger partial charge < -0.3 is 10.4 Å². The minimum atomic E-state index is -4.91. The molecule has 0 spiro atoms. The van der Waals surface area contributed by atoms with Gasteiger partial charge in [-0.15, -0.1) is 5.11 Å². The molecule has 0 atom stereocenters. The van der Waals surface area contributed by atoms with Crippen LogP contribution < -0.4 is 5.32 Å². The van der Waals surface area contributed by atoms with Gasteiger partial charge in [0.2, 0.25) is 0 Å². The Hall–Kier alpha value is -4.22. The lowest BCUT2D eigenvalue weighted by atomic mass is 9.82. The number of ketones is 2. The molecule has 0 aliphatic heterocycles. The number of anilines is 1. The summed E-state index contributed by atoms with van der Waals surface area (Å²) in [5.74, 6) is -2.24. The van der Waals surface area contributed by atoms with Gasteiger partial charge in [-0.25, -0.2) is 4.79 Å². The quantitative estimate of drug-likeness (QED) is 0.214. The van der Waals surface area contributed by atoms with Crippen LogP contribution in [0, 0.1) is 0 Å². The standard InChI is InChI=1S/C27H23N3O7S/c31-25-18-8-4-5-9-19(18)26(32)23-22(25)20(28-16-6-2-1-3-7-16)14-21(38(35,36)37)24(23)30-29-17-12-10-15(11-13-17)27(33)34/h4-5,8-14,16,28H,1-3,6-7H2,(H,33,34)(H,35,36,37). The van der Waals surface area contributed by atoms with E-state index in [0.29, 0.717) is 0 Å². The van der Waals surface area contributed by atoms with Gasteiger partial charge >= 0.3 is 5.97 Å². The van der Waals surface area contributed by atoms with Crippen molar-refractivity contribution in [1.29, 1.82) is 0 Å². The van der Waals surface area contributed by atoms with E-state index in [1.807, 2.05) is 0 Å². The predicted octanol–water partition coefficient (Wildman–Crippen LogP) is 5.57. The second-order valence-corrected chi connectivity index (χ2v) is 10.6. The summed E-state index contributed by atoms with van der Waals surface area (Å²) < 4.78 is 35.2. The van der Waals surface area contributed by atoms with E-state index in [0.717, 1.165) is 38.2 Å². The van der Waals surface area contributed by atoms with Crippen LogP contribution in [0.1, 0.15) is 74.3 Å². The first-order valence-electron chi connectivity index (χ1n) is 12.0. The molecule has 1 saturated carbocycles. The normalized spacial score (nSPS) is 15.8. The zero-order valence-electron chi connectivity index (χ0n) is 20.0. The van der Waals surface area contributed by atoms with E-state index in [9.17, 15) is 27.4 Å². The molecule has 38 heavy (non-hydrogen) atoms. The Kier molecular flexibility index (Phi) is 6.64. The van der Waals surface area contributed by atoms with Crippen molar-refractivity contribution >= 4 is 44.7 Å². The van der Waals surface area contributed by atoms with Gasteiger partial charge in [0, 0.05) is 22.9 Å². The molecule has 0 unspecified atom stereocenters. The number of carboxylic acids is 1. The summed E-state index contributed by atoms with van der Waals surface area (Å²) in [5.41, 5.74) is -0.175. The summed E-state index contributed by atoms with van der Waals surface area (Å²) in [7, 11) is -4.91. The van der Waals surface area contributed by atoms with Crippen LogP contribution in [0.2, 0.25) is 0 Å². The van der Waals surface area contributed by atoms with Gasteiger partial charge in [-0.3, -0.25) is 14.1 Å². The van der Waals surface area contributed by atoms with E-state index in [1.165, 1.54) is 36.4 Å². The molecule has 0 amide bonds. The minimum absolute atomic E-state index is 0.00970. The van der Waals surface area contributed by atoms with Crippen LogP contribution in [-0.2, 0) is 10.1 Å². The Morgan fingerprint density at radius 3 is 2.05 bits per heavy atom. The fourth-order valence-electron chi connectivity index (χ4n) is 4.91. The van der Waals surface area contributed by atoms with Gasteiger partial charge in [0.05, 0.1) is 22.4 Å². The second-order valence-electron chi connectivity index (χ2n) is 9.23. The highest BCUT2D eigenvalue weighted by atomic mass is 32.2. The molecule has 2 aliphatic carbocycles. The SMILES string of the molecule is O=C(O)c1ccc(N=Nc2c(S(=O)(=O)O)cc(NC3CCCCC3)c3c2C(=O)c2ccccc2C3=O)cc1. The van der Waals surface area contributed by atoms with Crippen molar-refractivity contribution in [2.24, 2.45) is 10.2 Å². The number of carbonyl (C=O) groups excluding carboxylic acids is 2. The highest BCUT2D eigenvalue weighted by Gasteiger charge is 2.38. The molecule has 0 radical (unpaired) electrons. The summed E-state index contributed by atoms with van der Waals surface area (Å²) in [6.45, 7) is 0. The maximum atomic E-state index is 13.7. The van der Waals surface area contributed by atoms with Crippen molar-refractivity contribution in [2.75, 3.05) is 5.32 Å². The van der Waals surface area contributed by atoms with Gasteiger partial charge in [0.1, 0.15) is 10.6 Å². The highest BCUT2D eigenvalue weighted by Crippen LogP contribution is 2.43. The van der Waals surface area contributed by atoms with Gasteiger partial charge in [-0.05, 0) is 43.2 Å². The Morgan fingerprint density at radius 1 is 0.868 bits per heavy atom. The Morgan fingerprint density at radius 2 is 1.47 bits per heavy atom. The van der Waals surface area contributed by atoms with Gasteiger partial charge in [0.15, 0.2) is 11.6 Å². The number of nitrogens with one attached hydrogen (secondary N) is 1. The van der Waals surface area contributed by atoms with E-state index >= 15 is 0 Å². The van der Waals surface area contributed by atoms with Crippen LogP contribution in [0.25, 0.3) is 0 Å². The molecule has 3 aromatic carbocycles. The van der Waals surface area contributed by atoms with E-state index in [2.05, 4.69) is 15.5 Å². The number of azo groups is 1. The van der Waals surface area contributed by atoms with Crippen LogP contribution in [0.5, 0.6) is 0 Å². The molecule has 0 heterocycles. The van der Waals surface area contributed by atoms with Gasteiger partial charge in [-0.2, -0.15) is 13.5 Å². The molecule has 3 N–H and O–H groups in total. The van der Waals surface area contributed by atoms with Crippen molar-refractivity contribution in [1.82, 2.24) is 0 Å². The lowest BCUT2D eigenvalue weighted by Gasteiger charge is -2.28. The average molecular weight is 534 g/mol.